The Balaban J connectivity index is 2.05. The molecular formula is C16H15N3. The van der Waals surface area contributed by atoms with E-state index in [0.29, 0.717) is 11.4 Å². The SMILES string of the molecule is CNc1nc(-c2ccc3c(c2)CCC3)ccc1C#N. The Kier molecular flexibility index (Phi) is 2.92. The maximum Gasteiger partial charge on any atom is 0.144 e. The van der Waals surface area contributed by atoms with Crippen molar-refractivity contribution in [2.75, 3.05) is 12.4 Å². The lowest BCUT2D eigenvalue weighted by molar-refractivity contribution is 0.912. The van der Waals surface area contributed by atoms with Gasteiger partial charge < -0.3 is 5.32 Å². The molecule has 1 aromatic carbocycles. The van der Waals surface area contributed by atoms with Crippen molar-refractivity contribution < 1.29 is 0 Å². The zero-order chi connectivity index (χ0) is 13.2. The molecule has 1 N–H and O–H groups in total. The maximum atomic E-state index is 9.01. The fourth-order valence-electron chi connectivity index (χ4n) is 2.63. The molecule has 0 spiro atoms. The molecule has 0 fully saturated rings. The van der Waals surface area contributed by atoms with Crippen LogP contribution in [0, 0.1) is 11.3 Å². The lowest BCUT2D eigenvalue weighted by Crippen LogP contribution is -1.97. The van der Waals surface area contributed by atoms with E-state index in [-0.39, 0.29) is 0 Å². The predicted molar refractivity (Wildman–Crippen MR) is 76.0 cm³/mol. The van der Waals surface area contributed by atoms with E-state index in [9.17, 15) is 0 Å². The fourth-order valence-corrected chi connectivity index (χ4v) is 2.63. The zero-order valence-corrected chi connectivity index (χ0v) is 10.9. The molecule has 0 saturated heterocycles. The highest BCUT2D eigenvalue weighted by molar-refractivity contribution is 5.66. The number of pyridine rings is 1. The summed E-state index contributed by atoms with van der Waals surface area (Å²) in [7, 11) is 1.79. The van der Waals surface area contributed by atoms with E-state index < -0.39 is 0 Å². The van der Waals surface area contributed by atoms with Crippen molar-refractivity contribution in [1.82, 2.24) is 4.98 Å². The summed E-state index contributed by atoms with van der Waals surface area (Å²) in [5.41, 5.74) is 5.52. The van der Waals surface area contributed by atoms with Crippen LogP contribution in [0.15, 0.2) is 30.3 Å². The van der Waals surface area contributed by atoms with E-state index >= 15 is 0 Å². The number of hydrogen-bond acceptors (Lipinski definition) is 3. The van der Waals surface area contributed by atoms with E-state index in [4.69, 9.17) is 5.26 Å². The summed E-state index contributed by atoms with van der Waals surface area (Å²) >= 11 is 0. The predicted octanol–water partition coefficient (Wildman–Crippen LogP) is 3.15. The molecule has 0 atom stereocenters. The van der Waals surface area contributed by atoms with Gasteiger partial charge in [-0.05, 0) is 48.6 Å². The topological polar surface area (TPSA) is 48.7 Å². The quantitative estimate of drug-likeness (QED) is 0.889. The molecule has 3 nitrogen and oxygen atoms in total. The van der Waals surface area contributed by atoms with Gasteiger partial charge in [0.2, 0.25) is 0 Å². The first-order valence-corrected chi connectivity index (χ1v) is 6.53. The standard InChI is InChI=1S/C16H15N3/c1-18-16-14(10-17)7-8-15(19-16)13-6-5-11-3-2-4-12(11)9-13/h5-9H,2-4H2,1H3,(H,18,19). The van der Waals surface area contributed by atoms with E-state index in [1.807, 2.05) is 12.1 Å². The molecule has 1 aliphatic carbocycles. The van der Waals surface area contributed by atoms with Crippen LogP contribution in [-0.4, -0.2) is 12.0 Å². The third-order valence-electron chi connectivity index (χ3n) is 3.65. The molecule has 19 heavy (non-hydrogen) atoms. The highest BCUT2D eigenvalue weighted by atomic mass is 15.0. The second-order valence-corrected chi connectivity index (χ2v) is 4.79. The van der Waals surface area contributed by atoms with Gasteiger partial charge in [-0.25, -0.2) is 4.98 Å². The first kappa shape index (κ1) is 11.7. The van der Waals surface area contributed by atoms with Gasteiger partial charge in [-0.2, -0.15) is 5.26 Å². The van der Waals surface area contributed by atoms with Crippen molar-refractivity contribution in [2.45, 2.75) is 19.3 Å². The third-order valence-corrected chi connectivity index (χ3v) is 3.65. The number of nitrogens with one attached hydrogen (secondary N) is 1. The molecule has 0 radical (unpaired) electrons. The molecular weight excluding hydrogens is 234 g/mol. The summed E-state index contributed by atoms with van der Waals surface area (Å²) in [6.45, 7) is 0. The number of aryl methyl sites for hydroxylation is 2. The number of aromatic nitrogens is 1. The van der Waals surface area contributed by atoms with Crippen LogP contribution < -0.4 is 5.32 Å². The van der Waals surface area contributed by atoms with Crippen molar-refractivity contribution in [2.24, 2.45) is 0 Å². The Morgan fingerprint density at radius 3 is 2.79 bits per heavy atom. The summed E-state index contributed by atoms with van der Waals surface area (Å²) < 4.78 is 0. The molecule has 0 unspecified atom stereocenters. The normalized spacial score (nSPS) is 12.8. The minimum atomic E-state index is 0.576. The summed E-state index contributed by atoms with van der Waals surface area (Å²) in [5.74, 6) is 0.639. The average molecular weight is 249 g/mol. The van der Waals surface area contributed by atoms with Gasteiger partial charge in [0.15, 0.2) is 0 Å². The van der Waals surface area contributed by atoms with Crippen LogP contribution in [0.25, 0.3) is 11.3 Å². The molecule has 94 valence electrons. The Bertz CT molecular complexity index is 668. The number of anilines is 1. The third kappa shape index (κ3) is 2.06. The Morgan fingerprint density at radius 2 is 2.00 bits per heavy atom. The van der Waals surface area contributed by atoms with Crippen LogP contribution in [0.4, 0.5) is 5.82 Å². The van der Waals surface area contributed by atoms with Gasteiger partial charge in [-0.3, -0.25) is 0 Å². The number of fused-ring (bicyclic) bond motifs is 1. The van der Waals surface area contributed by atoms with Crippen LogP contribution >= 0.6 is 0 Å². The van der Waals surface area contributed by atoms with E-state index in [0.717, 1.165) is 11.3 Å². The molecule has 3 heteroatoms. The Morgan fingerprint density at radius 1 is 1.16 bits per heavy atom. The minimum absolute atomic E-state index is 0.576. The summed E-state index contributed by atoms with van der Waals surface area (Å²) in [6, 6.07) is 12.4. The van der Waals surface area contributed by atoms with E-state index in [1.165, 1.54) is 30.4 Å². The van der Waals surface area contributed by atoms with Crippen LogP contribution in [0.5, 0.6) is 0 Å². The van der Waals surface area contributed by atoms with Crippen LogP contribution in [0.2, 0.25) is 0 Å². The van der Waals surface area contributed by atoms with Gasteiger partial charge in [-0.1, -0.05) is 12.1 Å². The van der Waals surface area contributed by atoms with Crippen molar-refractivity contribution >= 4 is 5.82 Å². The molecule has 2 aromatic rings. The first-order valence-electron chi connectivity index (χ1n) is 6.53. The van der Waals surface area contributed by atoms with Gasteiger partial charge in [0.1, 0.15) is 11.9 Å². The average Bonchev–Trinajstić information content (AvgIpc) is 2.93. The monoisotopic (exact) mass is 249 g/mol. The lowest BCUT2D eigenvalue weighted by Gasteiger charge is -2.08. The molecule has 1 aromatic heterocycles. The molecule has 3 rings (SSSR count). The molecule has 0 saturated carbocycles. The zero-order valence-electron chi connectivity index (χ0n) is 10.9. The van der Waals surface area contributed by atoms with Crippen LogP contribution in [0.3, 0.4) is 0 Å². The molecule has 0 bridgehead atoms. The Hall–Kier alpha value is -2.34. The fraction of sp³-hybridized carbons (Fsp3) is 0.250. The summed E-state index contributed by atoms with van der Waals surface area (Å²) in [5, 5.41) is 12.0. The first-order chi connectivity index (χ1) is 9.31. The van der Waals surface area contributed by atoms with E-state index in [2.05, 4.69) is 34.6 Å². The number of benzene rings is 1. The van der Waals surface area contributed by atoms with Gasteiger partial charge in [-0.15, -0.1) is 0 Å². The second-order valence-electron chi connectivity index (χ2n) is 4.79. The number of rotatable bonds is 2. The lowest BCUT2D eigenvalue weighted by atomic mass is 10.0. The summed E-state index contributed by atoms with van der Waals surface area (Å²) in [4.78, 5) is 4.52. The van der Waals surface area contributed by atoms with Crippen molar-refractivity contribution in [3.05, 3.63) is 47.0 Å². The minimum Gasteiger partial charge on any atom is -0.372 e. The highest BCUT2D eigenvalue weighted by Crippen LogP contribution is 2.28. The van der Waals surface area contributed by atoms with Gasteiger partial charge >= 0.3 is 0 Å². The van der Waals surface area contributed by atoms with Gasteiger partial charge in [0.25, 0.3) is 0 Å². The molecule has 1 aliphatic rings. The summed E-state index contributed by atoms with van der Waals surface area (Å²) in [6.07, 6.45) is 3.61. The van der Waals surface area contributed by atoms with E-state index in [1.54, 1.807) is 7.05 Å². The second kappa shape index (κ2) is 4.74. The number of hydrogen-bond donors (Lipinski definition) is 1. The number of nitrogens with zero attached hydrogens (tertiary/aromatic N) is 2. The molecule has 0 amide bonds. The van der Waals surface area contributed by atoms with Crippen molar-refractivity contribution in [3.8, 4) is 17.3 Å². The largest absolute Gasteiger partial charge is 0.372 e. The smallest absolute Gasteiger partial charge is 0.144 e. The molecule has 1 heterocycles. The number of nitriles is 1. The molecule has 0 aliphatic heterocycles. The maximum absolute atomic E-state index is 9.01. The van der Waals surface area contributed by atoms with Gasteiger partial charge in [0, 0.05) is 12.6 Å². The van der Waals surface area contributed by atoms with Crippen LogP contribution in [-0.2, 0) is 12.8 Å². The van der Waals surface area contributed by atoms with Gasteiger partial charge in [0.05, 0.1) is 11.3 Å². The van der Waals surface area contributed by atoms with Crippen LogP contribution in [0.1, 0.15) is 23.1 Å². The van der Waals surface area contributed by atoms with Crippen molar-refractivity contribution in [3.63, 3.8) is 0 Å². The van der Waals surface area contributed by atoms with Crippen molar-refractivity contribution in [1.29, 1.82) is 5.26 Å². The Labute approximate surface area is 112 Å². The highest BCUT2D eigenvalue weighted by Gasteiger charge is 2.12.